The Labute approximate surface area is 111 Å². The number of hydrogen-bond donors (Lipinski definition) is 1. The lowest BCUT2D eigenvalue weighted by Gasteiger charge is -2.07. The van der Waals surface area contributed by atoms with Gasteiger partial charge in [-0.25, -0.2) is 0 Å². The zero-order valence-electron chi connectivity index (χ0n) is 11.7. The van der Waals surface area contributed by atoms with E-state index in [-0.39, 0.29) is 0 Å². The number of rotatable bonds is 6. The third kappa shape index (κ3) is 5.05. The Morgan fingerprint density at radius 2 is 1.83 bits per heavy atom. The Morgan fingerprint density at radius 3 is 2.33 bits per heavy atom. The van der Waals surface area contributed by atoms with Gasteiger partial charge in [-0.15, -0.1) is 0 Å². The van der Waals surface area contributed by atoms with Gasteiger partial charge in [0.25, 0.3) is 0 Å². The van der Waals surface area contributed by atoms with Gasteiger partial charge in [-0.05, 0) is 43.5 Å². The lowest BCUT2D eigenvalue weighted by molar-refractivity contribution is 1.14. The highest BCUT2D eigenvalue weighted by Crippen LogP contribution is 2.11. The molecule has 0 aliphatic rings. The van der Waals surface area contributed by atoms with Crippen molar-refractivity contribution in [2.24, 2.45) is 0 Å². The van der Waals surface area contributed by atoms with Crippen molar-refractivity contribution in [1.82, 2.24) is 0 Å². The second-order valence-electron chi connectivity index (χ2n) is 4.59. The number of nitrogens with one attached hydrogen (secondary N) is 1. The molecule has 1 heteroatoms. The molecule has 0 atom stereocenters. The Balaban J connectivity index is 2.59. The van der Waals surface area contributed by atoms with E-state index in [4.69, 9.17) is 0 Å². The third-order valence-electron chi connectivity index (χ3n) is 2.75. The van der Waals surface area contributed by atoms with E-state index in [1.165, 1.54) is 16.7 Å². The van der Waals surface area contributed by atoms with Crippen LogP contribution in [0.5, 0.6) is 0 Å². The number of aryl methyl sites for hydroxylation is 1. The summed E-state index contributed by atoms with van der Waals surface area (Å²) < 4.78 is 0. The molecule has 1 aromatic rings. The quantitative estimate of drug-likeness (QED) is 0.709. The van der Waals surface area contributed by atoms with Gasteiger partial charge in [0.15, 0.2) is 0 Å². The predicted octanol–water partition coefficient (Wildman–Crippen LogP) is 4.74. The SMILES string of the molecule is C=C/C(=C\C=C(C)C)CNc1ccc(CC)cc1. The van der Waals surface area contributed by atoms with Gasteiger partial charge < -0.3 is 5.32 Å². The highest BCUT2D eigenvalue weighted by Gasteiger charge is 1.94. The molecule has 0 radical (unpaired) electrons. The van der Waals surface area contributed by atoms with Crippen LogP contribution < -0.4 is 5.32 Å². The van der Waals surface area contributed by atoms with Gasteiger partial charge in [0.05, 0.1) is 0 Å². The first-order valence-corrected chi connectivity index (χ1v) is 6.45. The normalized spacial score (nSPS) is 10.9. The van der Waals surface area contributed by atoms with Gasteiger partial charge in [0.2, 0.25) is 0 Å². The van der Waals surface area contributed by atoms with E-state index in [9.17, 15) is 0 Å². The highest BCUT2D eigenvalue weighted by molar-refractivity contribution is 5.46. The largest absolute Gasteiger partial charge is 0.381 e. The van der Waals surface area contributed by atoms with Gasteiger partial charge >= 0.3 is 0 Å². The lowest BCUT2D eigenvalue weighted by Crippen LogP contribution is -2.03. The summed E-state index contributed by atoms with van der Waals surface area (Å²) in [6.45, 7) is 11.0. The number of anilines is 1. The van der Waals surface area contributed by atoms with E-state index >= 15 is 0 Å². The fraction of sp³-hybridized carbons (Fsp3) is 0.294. The summed E-state index contributed by atoms with van der Waals surface area (Å²) in [5.41, 5.74) is 5.00. The molecule has 18 heavy (non-hydrogen) atoms. The zero-order valence-corrected chi connectivity index (χ0v) is 11.7. The molecular formula is C17H23N. The van der Waals surface area contributed by atoms with E-state index in [0.717, 1.165) is 18.7 Å². The average molecular weight is 241 g/mol. The minimum Gasteiger partial charge on any atom is -0.381 e. The Morgan fingerprint density at radius 1 is 1.17 bits per heavy atom. The van der Waals surface area contributed by atoms with Crippen molar-refractivity contribution in [3.05, 3.63) is 65.8 Å². The summed E-state index contributed by atoms with van der Waals surface area (Å²) in [5, 5.41) is 3.40. The minimum atomic E-state index is 0.804. The molecule has 0 fully saturated rings. The molecule has 0 spiro atoms. The maximum Gasteiger partial charge on any atom is 0.0400 e. The molecule has 0 bridgehead atoms. The molecule has 0 saturated carbocycles. The molecule has 0 saturated heterocycles. The standard InChI is InChI=1S/C17H23N/c1-5-15-9-11-17(12-10-15)18-13-16(6-2)8-7-14(3)4/h6-12,18H,2,5,13H2,1,3-4H3/b16-8+. The molecule has 0 amide bonds. The Hall–Kier alpha value is -1.76. The summed E-state index contributed by atoms with van der Waals surface area (Å²) in [7, 11) is 0. The van der Waals surface area contributed by atoms with Crippen molar-refractivity contribution in [2.45, 2.75) is 27.2 Å². The first-order valence-electron chi connectivity index (χ1n) is 6.45. The van der Waals surface area contributed by atoms with Crippen LogP contribution in [0.25, 0.3) is 0 Å². The molecule has 0 aromatic heterocycles. The molecule has 1 rings (SSSR count). The van der Waals surface area contributed by atoms with Crippen LogP contribution in [0, 0.1) is 0 Å². The van der Waals surface area contributed by atoms with Crippen LogP contribution >= 0.6 is 0 Å². The topological polar surface area (TPSA) is 12.0 Å². The Bertz CT molecular complexity index is 431. The van der Waals surface area contributed by atoms with Crippen molar-refractivity contribution in [3.8, 4) is 0 Å². The number of allylic oxidation sites excluding steroid dienone is 3. The fourth-order valence-corrected chi connectivity index (χ4v) is 1.54. The molecule has 1 N–H and O–H groups in total. The van der Waals surface area contributed by atoms with Crippen molar-refractivity contribution >= 4 is 5.69 Å². The summed E-state index contributed by atoms with van der Waals surface area (Å²) >= 11 is 0. The summed E-state index contributed by atoms with van der Waals surface area (Å²) in [5.74, 6) is 0. The number of benzene rings is 1. The molecule has 1 aromatic carbocycles. The third-order valence-corrected chi connectivity index (χ3v) is 2.75. The van der Waals surface area contributed by atoms with Crippen LogP contribution in [0.1, 0.15) is 26.3 Å². The monoisotopic (exact) mass is 241 g/mol. The van der Waals surface area contributed by atoms with Gasteiger partial charge in [-0.3, -0.25) is 0 Å². The molecule has 96 valence electrons. The van der Waals surface area contributed by atoms with Gasteiger partial charge in [-0.2, -0.15) is 0 Å². The van der Waals surface area contributed by atoms with Gasteiger partial charge in [0.1, 0.15) is 0 Å². The number of hydrogen-bond acceptors (Lipinski definition) is 1. The van der Waals surface area contributed by atoms with E-state index in [0.29, 0.717) is 0 Å². The predicted molar refractivity (Wildman–Crippen MR) is 82.0 cm³/mol. The van der Waals surface area contributed by atoms with Crippen molar-refractivity contribution in [1.29, 1.82) is 0 Å². The van der Waals surface area contributed by atoms with E-state index in [1.807, 2.05) is 6.08 Å². The van der Waals surface area contributed by atoms with Crippen LogP contribution in [-0.2, 0) is 6.42 Å². The highest BCUT2D eigenvalue weighted by atomic mass is 14.9. The maximum atomic E-state index is 3.84. The molecule has 0 heterocycles. The van der Waals surface area contributed by atoms with E-state index in [1.54, 1.807) is 0 Å². The summed E-state index contributed by atoms with van der Waals surface area (Å²) in [4.78, 5) is 0. The zero-order chi connectivity index (χ0) is 13.4. The van der Waals surface area contributed by atoms with Crippen LogP contribution in [0.3, 0.4) is 0 Å². The van der Waals surface area contributed by atoms with Crippen LogP contribution in [0.15, 0.2) is 60.2 Å². The molecular weight excluding hydrogens is 218 g/mol. The first-order chi connectivity index (χ1) is 8.65. The second kappa shape index (κ2) is 7.54. The van der Waals surface area contributed by atoms with Crippen molar-refractivity contribution in [2.75, 3.05) is 11.9 Å². The Kier molecular flexibility index (Phi) is 5.99. The minimum absolute atomic E-state index is 0.804. The molecule has 1 nitrogen and oxygen atoms in total. The smallest absolute Gasteiger partial charge is 0.0400 e. The van der Waals surface area contributed by atoms with Crippen molar-refractivity contribution < 1.29 is 0 Å². The summed E-state index contributed by atoms with van der Waals surface area (Å²) in [6.07, 6.45) is 7.19. The second-order valence-corrected chi connectivity index (χ2v) is 4.59. The van der Waals surface area contributed by atoms with Crippen molar-refractivity contribution in [3.63, 3.8) is 0 Å². The van der Waals surface area contributed by atoms with Crippen LogP contribution in [0.2, 0.25) is 0 Å². The van der Waals surface area contributed by atoms with E-state index < -0.39 is 0 Å². The summed E-state index contributed by atoms with van der Waals surface area (Å²) in [6, 6.07) is 8.58. The van der Waals surface area contributed by atoms with E-state index in [2.05, 4.69) is 69.1 Å². The molecule has 0 aliphatic carbocycles. The maximum absolute atomic E-state index is 3.84. The average Bonchev–Trinajstić information content (AvgIpc) is 2.39. The van der Waals surface area contributed by atoms with Crippen LogP contribution in [0.4, 0.5) is 5.69 Å². The van der Waals surface area contributed by atoms with Gasteiger partial charge in [0, 0.05) is 12.2 Å². The van der Waals surface area contributed by atoms with Crippen LogP contribution in [-0.4, -0.2) is 6.54 Å². The first kappa shape index (κ1) is 14.3. The van der Waals surface area contributed by atoms with Gasteiger partial charge in [-0.1, -0.05) is 49.4 Å². The molecule has 0 unspecified atom stereocenters. The lowest BCUT2D eigenvalue weighted by atomic mass is 10.1. The fourth-order valence-electron chi connectivity index (χ4n) is 1.54. The molecule has 0 aliphatic heterocycles.